The number of aryl methyl sites for hydroxylation is 1. The molecule has 0 aromatic carbocycles. The van der Waals surface area contributed by atoms with Crippen LogP contribution in [0.5, 0.6) is 0 Å². The number of aromatic nitrogens is 1. The minimum Gasteiger partial charge on any atom is -0.369 e. The molecule has 0 fully saturated rings. The van der Waals surface area contributed by atoms with Crippen LogP contribution in [0.15, 0.2) is 16.7 Å². The normalized spacial score (nSPS) is 9.92. The lowest BCUT2D eigenvalue weighted by Crippen LogP contribution is -2.13. The zero-order valence-electron chi connectivity index (χ0n) is 6.97. The fourth-order valence-corrected chi connectivity index (χ4v) is 1.47. The highest BCUT2D eigenvalue weighted by Crippen LogP contribution is 2.13. The van der Waals surface area contributed by atoms with Crippen LogP contribution in [0, 0.1) is 6.92 Å². The standard InChI is InChI=1S/C8H12BrN3/c1-6-4-7(9)12-8(5-6)11-3-2-10/h4-5H,2-3,10H2,1H3,(H,11,12). The van der Waals surface area contributed by atoms with Gasteiger partial charge in [0.15, 0.2) is 0 Å². The largest absolute Gasteiger partial charge is 0.369 e. The number of hydrogen-bond acceptors (Lipinski definition) is 3. The van der Waals surface area contributed by atoms with Crippen LogP contribution in [0.1, 0.15) is 5.56 Å². The van der Waals surface area contributed by atoms with Gasteiger partial charge in [0.1, 0.15) is 10.4 Å². The first kappa shape index (κ1) is 9.48. The Bertz CT molecular complexity index is 242. The van der Waals surface area contributed by atoms with E-state index < -0.39 is 0 Å². The first-order chi connectivity index (χ1) is 5.72. The highest BCUT2D eigenvalue weighted by atomic mass is 79.9. The van der Waals surface area contributed by atoms with Crippen molar-refractivity contribution in [1.29, 1.82) is 0 Å². The Morgan fingerprint density at radius 2 is 2.33 bits per heavy atom. The van der Waals surface area contributed by atoms with Crippen molar-refractivity contribution in [1.82, 2.24) is 4.98 Å². The van der Waals surface area contributed by atoms with E-state index in [4.69, 9.17) is 5.73 Å². The topological polar surface area (TPSA) is 50.9 Å². The molecule has 3 nitrogen and oxygen atoms in total. The molecular weight excluding hydrogens is 218 g/mol. The van der Waals surface area contributed by atoms with Gasteiger partial charge in [-0.1, -0.05) is 0 Å². The third-order valence-corrected chi connectivity index (χ3v) is 1.80. The lowest BCUT2D eigenvalue weighted by atomic mass is 10.3. The third kappa shape index (κ3) is 2.79. The molecule has 0 aliphatic heterocycles. The van der Waals surface area contributed by atoms with E-state index in [1.165, 1.54) is 5.56 Å². The number of nitrogens with one attached hydrogen (secondary N) is 1. The first-order valence-corrected chi connectivity index (χ1v) is 4.60. The van der Waals surface area contributed by atoms with Crippen LogP contribution in [-0.4, -0.2) is 18.1 Å². The fraction of sp³-hybridized carbons (Fsp3) is 0.375. The zero-order chi connectivity index (χ0) is 8.97. The van der Waals surface area contributed by atoms with Crippen molar-refractivity contribution in [2.75, 3.05) is 18.4 Å². The Morgan fingerprint density at radius 3 is 2.92 bits per heavy atom. The smallest absolute Gasteiger partial charge is 0.127 e. The van der Waals surface area contributed by atoms with Gasteiger partial charge in [-0.25, -0.2) is 4.98 Å². The van der Waals surface area contributed by atoms with Crippen LogP contribution < -0.4 is 11.1 Å². The molecule has 0 bridgehead atoms. The average molecular weight is 230 g/mol. The fourth-order valence-electron chi connectivity index (χ4n) is 0.916. The first-order valence-electron chi connectivity index (χ1n) is 3.80. The maximum Gasteiger partial charge on any atom is 0.127 e. The van der Waals surface area contributed by atoms with E-state index in [1.54, 1.807) is 0 Å². The molecule has 0 spiro atoms. The average Bonchev–Trinajstić information content (AvgIpc) is 1.99. The van der Waals surface area contributed by atoms with Crippen LogP contribution in [0.2, 0.25) is 0 Å². The molecule has 1 aromatic rings. The number of hydrogen-bond donors (Lipinski definition) is 2. The summed E-state index contributed by atoms with van der Waals surface area (Å²) >= 11 is 3.32. The summed E-state index contributed by atoms with van der Waals surface area (Å²) in [4.78, 5) is 4.22. The Labute approximate surface area is 80.5 Å². The molecule has 1 heterocycles. The molecule has 1 aromatic heterocycles. The van der Waals surface area contributed by atoms with E-state index in [0.29, 0.717) is 6.54 Å². The van der Waals surface area contributed by atoms with E-state index in [0.717, 1.165) is 17.0 Å². The van der Waals surface area contributed by atoms with Crippen molar-refractivity contribution >= 4 is 21.7 Å². The second-order valence-electron chi connectivity index (χ2n) is 2.57. The highest BCUT2D eigenvalue weighted by molar-refractivity contribution is 9.10. The predicted octanol–water partition coefficient (Wildman–Crippen LogP) is 1.52. The maximum absolute atomic E-state index is 5.35. The lowest BCUT2D eigenvalue weighted by Gasteiger charge is -2.04. The molecule has 0 radical (unpaired) electrons. The zero-order valence-corrected chi connectivity index (χ0v) is 8.56. The summed E-state index contributed by atoms with van der Waals surface area (Å²) < 4.78 is 0.849. The van der Waals surface area contributed by atoms with Gasteiger partial charge >= 0.3 is 0 Å². The maximum atomic E-state index is 5.35. The molecule has 1 rings (SSSR count). The molecule has 0 saturated carbocycles. The second kappa shape index (κ2) is 4.42. The van der Waals surface area contributed by atoms with Crippen molar-refractivity contribution in [3.63, 3.8) is 0 Å². The Kier molecular flexibility index (Phi) is 3.49. The Morgan fingerprint density at radius 1 is 1.58 bits per heavy atom. The van der Waals surface area contributed by atoms with E-state index in [9.17, 15) is 0 Å². The number of pyridine rings is 1. The van der Waals surface area contributed by atoms with Gasteiger partial charge in [-0.05, 0) is 40.5 Å². The number of rotatable bonds is 3. The van der Waals surface area contributed by atoms with Crippen molar-refractivity contribution in [2.45, 2.75) is 6.92 Å². The number of halogens is 1. The van der Waals surface area contributed by atoms with Crippen molar-refractivity contribution in [3.05, 3.63) is 22.3 Å². The van der Waals surface area contributed by atoms with Gasteiger partial charge in [-0.3, -0.25) is 0 Å². The van der Waals surface area contributed by atoms with Gasteiger partial charge < -0.3 is 11.1 Å². The molecular formula is C8H12BrN3. The van der Waals surface area contributed by atoms with E-state index in [2.05, 4.69) is 26.2 Å². The van der Waals surface area contributed by atoms with E-state index in [-0.39, 0.29) is 0 Å². The molecule has 12 heavy (non-hydrogen) atoms. The third-order valence-electron chi connectivity index (χ3n) is 1.39. The summed E-state index contributed by atoms with van der Waals surface area (Å²) in [6.45, 7) is 3.40. The monoisotopic (exact) mass is 229 g/mol. The summed E-state index contributed by atoms with van der Waals surface area (Å²) in [5, 5.41) is 3.11. The van der Waals surface area contributed by atoms with Crippen LogP contribution >= 0.6 is 15.9 Å². The molecule has 0 atom stereocenters. The summed E-state index contributed by atoms with van der Waals surface area (Å²) in [6, 6.07) is 3.95. The molecule has 0 amide bonds. The lowest BCUT2D eigenvalue weighted by molar-refractivity contribution is 1.01. The van der Waals surface area contributed by atoms with Crippen molar-refractivity contribution in [2.24, 2.45) is 5.73 Å². The van der Waals surface area contributed by atoms with Gasteiger partial charge in [-0.15, -0.1) is 0 Å². The van der Waals surface area contributed by atoms with Crippen LogP contribution in [0.25, 0.3) is 0 Å². The molecule has 66 valence electrons. The minimum absolute atomic E-state index is 0.618. The van der Waals surface area contributed by atoms with Crippen molar-refractivity contribution < 1.29 is 0 Å². The quantitative estimate of drug-likeness (QED) is 0.774. The highest BCUT2D eigenvalue weighted by Gasteiger charge is 1.95. The van der Waals surface area contributed by atoms with Gasteiger partial charge in [0.25, 0.3) is 0 Å². The molecule has 0 aliphatic rings. The molecule has 3 N–H and O–H groups in total. The second-order valence-corrected chi connectivity index (χ2v) is 3.38. The number of nitrogens with zero attached hydrogens (tertiary/aromatic N) is 1. The number of nitrogens with two attached hydrogens (primary N) is 1. The summed E-state index contributed by atoms with van der Waals surface area (Å²) in [5.74, 6) is 0.868. The molecule has 0 saturated heterocycles. The molecule has 4 heteroatoms. The van der Waals surface area contributed by atoms with Crippen molar-refractivity contribution in [3.8, 4) is 0 Å². The SMILES string of the molecule is Cc1cc(Br)nc(NCCN)c1. The summed E-state index contributed by atoms with van der Waals surface area (Å²) in [5.41, 5.74) is 6.53. The van der Waals surface area contributed by atoms with Crippen LogP contribution in [0.3, 0.4) is 0 Å². The van der Waals surface area contributed by atoms with E-state index >= 15 is 0 Å². The van der Waals surface area contributed by atoms with Gasteiger partial charge in [0, 0.05) is 13.1 Å². The van der Waals surface area contributed by atoms with E-state index in [1.807, 2.05) is 19.1 Å². The molecule has 0 unspecified atom stereocenters. The summed E-state index contributed by atoms with van der Waals surface area (Å²) in [6.07, 6.45) is 0. The summed E-state index contributed by atoms with van der Waals surface area (Å²) in [7, 11) is 0. The predicted molar refractivity (Wildman–Crippen MR) is 54.2 cm³/mol. The molecule has 0 aliphatic carbocycles. The number of anilines is 1. The van der Waals surface area contributed by atoms with Crippen LogP contribution in [-0.2, 0) is 0 Å². The Balaban J connectivity index is 2.72. The van der Waals surface area contributed by atoms with Crippen LogP contribution in [0.4, 0.5) is 5.82 Å². The Hall–Kier alpha value is -0.610. The van der Waals surface area contributed by atoms with Gasteiger partial charge in [0.2, 0.25) is 0 Å². The van der Waals surface area contributed by atoms with Gasteiger partial charge in [-0.2, -0.15) is 0 Å². The minimum atomic E-state index is 0.618. The van der Waals surface area contributed by atoms with Gasteiger partial charge in [0.05, 0.1) is 0 Å².